The second kappa shape index (κ2) is 16.8. The zero-order valence-electron chi connectivity index (χ0n) is 33.5. The van der Waals surface area contributed by atoms with Gasteiger partial charge in [0.1, 0.15) is 25.3 Å². The fourth-order valence-electron chi connectivity index (χ4n) is 7.93. The Hall–Kier alpha value is -5.88. The summed E-state index contributed by atoms with van der Waals surface area (Å²) in [4.78, 5) is 6.27. The molecule has 4 aromatic carbocycles. The van der Waals surface area contributed by atoms with Crippen LogP contribution in [-0.4, -0.2) is 101 Å². The zero-order valence-corrected chi connectivity index (χ0v) is 38.7. The topological polar surface area (TPSA) is 264 Å². The normalized spacial score (nSPS) is 13.2. The fraction of sp³-hybridized carbons (Fsp3) is 0. The summed E-state index contributed by atoms with van der Waals surface area (Å²) in [5.41, 5.74) is -1.92. The Morgan fingerprint density at radius 3 is 1.51 bits per heavy atom. The van der Waals surface area contributed by atoms with Crippen molar-refractivity contribution >= 4 is 115 Å². The molecule has 65 heavy (non-hydrogen) atoms. The molecule has 0 saturated carbocycles. The molecule has 16 nitrogen and oxygen atoms in total. The number of H-pyrrole nitrogens is 1. The number of hydrogen-bond donors (Lipinski definition) is 5. The van der Waals surface area contributed by atoms with E-state index in [0.29, 0.717) is 26.8 Å². The molecule has 7 aromatic rings. The molecule has 21 heteroatoms. The van der Waals surface area contributed by atoms with Crippen molar-refractivity contribution < 1.29 is 51.9 Å². The molecule has 0 saturated heterocycles. The Bertz CT molecular complexity index is 3810. The smallest absolute Gasteiger partial charge is 0.298 e. The van der Waals surface area contributed by atoms with Crippen LogP contribution in [0, 0.1) is 0 Å². The molecule has 1 radical (unpaired) electrons. The molecule has 0 amide bonds. The Morgan fingerprint density at radius 2 is 0.985 bits per heavy atom. The summed E-state index contributed by atoms with van der Waals surface area (Å²) in [5.74, 6) is 0. The van der Waals surface area contributed by atoms with Crippen molar-refractivity contribution in [2.45, 2.75) is 14.7 Å². The van der Waals surface area contributed by atoms with E-state index in [9.17, 15) is 51.9 Å². The van der Waals surface area contributed by atoms with Crippen molar-refractivity contribution in [3.05, 3.63) is 168 Å². The third kappa shape index (κ3) is 8.46. The summed E-state index contributed by atoms with van der Waals surface area (Å²) in [6.45, 7) is 0. The Balaban J connectivity index is 0.00000576. The average Bonchev–Trinajstić information content (AvgIpc) is 4.03. The van der Waals surface area contributed by atoms with Crippen molar-refractivity contribution in [2.75, 3.05) is 0 Å². The SMILES string of the molecule is O=S(=O)(O)C1=C(c2ccccc2)c2nc1c(S(=O)(=O)O)c1c(S(=O)(=O)O)c(S(=O)(=O)O)c(cc3nc(cc4cc(-c5ccccc5)c([nH]4)c2-c2ccccc2)C=C3)n1-c1ccccc1.[Na]. The van der Waals surface area contributed by atoms with Crippen molar-refractivity contribution in [3.8, 4) is 27.9 Å². The minimum atomic E-state index is -6.10. The number of hydrogen-bond acceptors (Lipinski definition) is 10. The number of nitrogens with one attached hydrogen (secondary N) is 1. The number of aromatic nitrogens is 4. The first-order valence-corrected chi connectivity index (χ1v) is 24.5. The van der Waals surface area contributed by atoms with Crippen LogP contribution in [0.4, 0.5) is 0 Å². The summed E-state index contributed by atoms with van der Waals surface area (Å²) in [6.07, 6.45) is 2.94. The van der Waals surface area contributed by atoms with Gasteiger partial charge in [-0.3, -0.25) is 18.2 Å². The van der Waals surface area contributed by atoms with Gasteiger partial charge >= 0.3 is 0 Å². The second-order valence-corrected chi connectivity index (χ2v) is 19.8. The zero-order chi connectivity index (χ0) is 45.3. The van der Waals surface area contributed by atoms with E-state index in [2.05, 4.69) is 15.0 Å². The molecular weight excluding hydrogens is 928 g/mol. The van der Waals surface area contributed by atoms with Gasteiger partial charge in [0.2, 0.25) is 0 Å². The molecular formula is C44H30N4NaO12S4. The minimum absolute atomic E-state index is 0. The molecule has 0 spiro atoms. The van der Waals surface area contributed by atoms with Gasteiger partial charge in [-0.05, 0) is 59.2 Å². The molecule has 0 atom stereocenters. The van der Waals surface area contributed by atoms with E-state index in [-0.39, 0.29) is 69.0 Å². The number of nitrogens with zero attached hydrogens (tertiary/aromatic N) is 3. The van der Waals surface area contributed by atoms with Crippen LogP contribution in [0.5, 0.6) is 0 Å². The van der Waals surface area contributed by atoms with Crippen molar-refractivity contribution in [3.63, 3.8) is 0 Å². The van der Waals surface area contributed by atoms with Crippen molar-refractivity contribution in [1.82, 2.24) is 19.5 Å². The Kier molecular flexibility index (Phi) is 11.8. The molecule has 9 rings (SSSR count). The van der Waals surface area contributed by atoms with Gasteiger partial charge in [-0.2, -0.15) is 33.7 Å². The molecule has 323 valence electrons. The second-order valence-electron chi connectivity index (χ2n) is 14.4. The molecule has 2 aliphatic heterocycles. The van der Waals surface area contributed by atoms with Crippen LogP contribution in [0.25, 0.3) is 72.6 Å². The van der Waals surface area contributed by atoms with Crippen LogP contribution in [-0.2, 0) is 40.5 Å². The van der Waals surface area contributed by atoms with Gasteiger partial charge in [0.05, 0.1) is 33.6 Å². The maximum absolute atomic E-state index is 14.2. The summed E-state index contributed by atoms with van der Waals surface area (Å²) < 4.78 is 156. The third-order valence-electron chi connectivity index (χ3n) is 10.3. The van der Waals surface area contributed by atoms with Crippen LogP contribution in [0.15, 0.2) is 154 Å². The van der Waals surface area contributed by atoms with Gasteiger partial charge in [0, 0.05) is 57.5 Å². The number of aromatic amines is 1. The number of fused-ring (bicyclic) bond motifs is 8. The largest absolute Gasteiger partial charge is 0.354 e. The molecule has 8 bridgehead atoms. The number of para-hydroxylation sites is 1. The summed E-state index contributed by atoms with van der Waals surface area (Å²) in [7, 11) is -23.7. The molecule has 5 heterocycles. The van der Waals surface area contributed by atoms with Gasteiger partial charge in [0.25, 0.3) is 40.5 Å². The quantitative estimate of drug-likeness (QED) is 0.0732. The monoisotopic (exact) mass is 957 g/mol. The van der Waals surface area contributed by atoms with Crippen LogP contribution < -0.4 is 0 Å². The Labute approximate surface area is 393 Å². The first-order valence-electron chi connectivity index (χ1n) is 18.7. The summed E-state index contributed by atoms with van der Waals surface area (Å²) in [6, 6.07) is 36.0. The molecule has 0 fully saturated rings. The minimum Gasteiger partial charge on any atom is -0.354 e. The van der Waals surface area contributed by atoms with E-state index in [0.717, 1.165) is 6.07 Å². The van der Waals surface area contributed by atoms with Gasteiger partial charge in [0.15, 0.2) is 0 Å². The molecule has 2 aliphatic rings. The number of benzene rings is 4. The molecule has 0 aliphatic carbocycles. The first kappa shape index (κ1) is 45.7. The van der Waals surface area contributed by atoms with E-state index < -0.39 is 82.4 Å². The van der Waals surface area contributed by atoms with Crippen LogP contribution in [0.2, 0.25) is 0 Å². The van der Waals surface area contributed by atoms with E-state index in [1.54, 1.807) is 66.7 Å². The maximum Gasteiger partial charge on any atom is 0.298 e. The molecule has 3 aromatic heterocycles. The number of rotatable bonds is 8. The molecule has 0 unspecified atom stereocenters. The van der Waals surface area contributed by atoms with Crippen LogP contribution >= 0.6 is 0 Å². The Morgan fingerprint density at radius 1 is 0.492 bits per heavy atom. The van der Waals surface area contributed by atoms with Gasteiger partial charge < -0.3 is 9.55 Å². The van der Waals surface area contributed by atoms with Crippen molar-refractivity contribution in [2.24, 2.45) is 0 Å². The summed E-state index contributed by atoms with van der Waals surface area (Å²) in [5, 5.41) is 0. The standard InChI is InChI=1S/C44H30N4O12S4.Na/c49-61(50,51)41-34-25-30-22-21-29(45-30)23-31-24-33(26-13-5-1-6-14-26)37(46-31)35(27-15-7-2-8-16-27)38-36(28-17-9-3-10-18-28)42(62(52,53)54)39(47-38)43(63(55,56)57)40(44(41)64(58,59)60)48(34)32-19-11-4-12-20-32;/h1-25,46H,(H,49,50,51)(H,52,53,54)(H,55,56,57)(H,58,59,60);. The fourth-order valence-corrected chi connectivity index (χ4v) is 11.9. The average molecular weight is 958 g/mol. The van der Waals surface area contributed by atoms with Gasteiger partial charge in [-0.25, -0.2) is 9.97 Å². The van der Waals surface area contributed by atoms with E-state index in [4.69, 9.17) is 0 Å². The predicted octanol–water partition coefficient (Wildman–Crippen LogP) is 7.45. The van der Waals surface area contributed by atoms with Crippen LogP contribution in [0.3, 0.4) is 0 Å². The maximum atomic E-state index is 14.2. The van der Waals surface area contributed by atoms with Crippen LogP contribution in [0.1, 0.15) is 28.3 Å². The van der Waals surface area contributed by atoms with E-state index in [1.165, 1.54) is 66.7 Å². The predicted molar refractivity (Wildman–Crippen MR) is 245 cm³/mol. The van der Waals surface area contributed by atoms with Crippen molar-refractivity contribution in [1.29, 1.82) is 0 Å². The first-order chi connectivity index (χ1) is 30.3. The van der Waals surface area contributed by atoms with Gasteiger partial charge in [-0.1, -0.05) is 109 Å². The molecule has 5 N–H and O–H groups in total. The third-order valence-corrected chi connectivity index (χ3v) is 14.1. The van der Waals surface area contributed by atoms with Gasteiger partial charge in [-0.15, -0.1) is 0 Å². The van der Waals surface area contributed by atoms with E-state index in [1.807, 2.05) is 12.1 Å². The summed E-state index contributed by atoms with van der Waals surface area (Å²) >= 11 is 0. The van der Waals surface area contributed by atoms with E-state index >= 15 is 0 Å².